The molecular formula is C16H14BrClO3. The van der Waals surface area contributed by atoms with Crippen molar-refractivity contribution < 1.29 is 14.3 Å². The van der Waals surface area contributed by atoms with E-state index in [0.29, 0.717) is 27.6 Å². The molecule has 5 heteroatoms. The fraction of sp³-hybridized carbons (Fsp3) is 0.188. The molecule has 110 valence electrons. The van der Waals surface area contributed by atoms with Crippen molar-refractivity contribution in [3.8, 4) is 11.5 Å². The minimum absolute atomic E-state index is 0.153. The highest BCUT2D eigenvalue weighted by Gasteiger charge is 2.19. The Labute approximate surface area is 137 Å². The summed E-state index contributed by atoms with van der Waals surface area (Å²) in [6.07, 6.45) is 0. The molecule has 0 bridgehead atoms. The highest BCUT2D eigenvalue weighted by atomic mass is 79.9. The van der Waals surface area contributed by atoms with Gasteiger partial charge in [-0.1, -0.05) is 39.7 Å². The van der Waals surface area contributed by atoms with E-state index in [-0.39, 0.29) is 5.78 Å². The fourth-order valence-corrected chi connectivity index (χ4v) is 2.63. The standard InChI is InChI=1S/C16H14BrClO3/c1-9-10(5-4-6-12(9)17)16(19)11-7-14(20-2)15(21-3)8-13(11)18/h4-8H,1-3H3. The third kappa shape index (κ3) is 3.06. The van der Waals surface area contributed by atoms with Crippen molar-refractivity contribution in [3.05, 3.63) is 56.5 Å². The maximum Gasteiger partial charge on any atom is 0.194 e. The molecule has 21 heavy (non-hydrogen) atoms. The van der Waals surface area contributed by atoms with Crippen LogP contribution in [0.25, 0.3) is 0 Å². The molecular weight excluding hydrogens is 356 g/mol. The monoisotopic (exact) mass is 368 g/mol. The summed E-state index contributed by atoms with van der Waals surface area (Å²) in [5.41, 5.74) is 1.85. The van der Waals surface area contributed by atoms with Crippen molar-refractivity contribution in [2.75, 3.05) is 14.2 Å². The number of halogens is 2. The molecule has 0 radical (unpaired) electrons. The summed E-state index contributed by atoms with van der Waals surface area (Å²) in [6.45, 7) is 1.88. The zero-order valence-corrected chi connectivity index (χ0v) is 14.2. The third-order valence-corrected chi connectivity index (χ3v) is 4.40. The van der Waals surface area contributed by atoms with Crippen molar-refractivity contribution in [2.45, 2.75) is 6.92 Å². The van der Waals surface area contributed by atoms with Crippen LogP contribution in [-0.4, -0.2) is 20.0 Å². The SMILES string of the molecule is COc1cc(Cl)c(C(=O)c2cccc(Br)c2C)cc1OC. The second-order valence-electron chi connectivity index (χ2n) is 4.43. The number of carbonyl (C=O) groups excluding carboxylic acids is 1. The normalized spacial score (nSPS) is 10.3. The molecule has 0 aliphatic rings. The van der Waals surface area contributed by atoms with Crippen LogP contribution in [0.5, 0.6) is 11.5 Å². The first-order chi connectivity index (χ1) is 9.99. The predicted octanol–water partition coefficient (Wildman–Crippen LogP) is 4.66. The lowest BCUT2D eigenvalue weighted by Gasteiger charge is -2.12. The summed E-state index contributed by atoms with van der Waals surface area (Å²) >= 11 is 9.63. The number of ether oxygens (including phenoxy) is 2. The number of hydrogen-bond acceptors (Lipinski definition) is 3. The zero-order chi connectivity index (χ0) is 15.6. The van der Waals surface area contributed by atoms with Gasteiger partial charge in [-0.05, 0) is 24.6 Å². The van der Waals surface area contributed by atoms with E-state index in [1.54, 1.807) is 18.2 Å². The number of carbonyl (C=O) groups is 1. The lowest BCUT2D eigenvalue weighted by atomic mass is 9.99. The number of benzene rings is 2. The summed E-state index contributed by atoms with van der Waals surface area (Å²) < 4.78 is 11.3. The topological polar surface area (TPSA) is 35.5 Å². The molecule has 0 aliphatic heterocycles. The number of ketones is 1. The molecule has 3 nitrogen and oxygen atoms in total. The second-order valence-corrected chi connectivity index (χ2v) is 5.69. The lowest BCUT2D eigenvalue weighted by molar-refractivity contribution is 0.103. The summed E-state index contributed by atoms with van der Waals surface area (Å²) in [6, 6.07) is 8.67. The summed E-state index contributed by atoms with van der Waals surface area (Å²) in [7, 11) is 3.04. The van der Waals surface area contributed by atoms with Crippen LogP contribution in [0.15, 0.2) is 34.8 Å². The van der Waals surface area contributed by atoms with Crippen molar-refractivity contribution in [1.82, 2.24) is 0 Å². The third-order valence-electron chi connectivity index (χ3n) is 3.23. The molecule has 0 saturated carbocycles. The molecule has 0 heterocycles. The molecule has 0 fully saturated rings. The van der Waals surface area contributed by atoms with E-state index in [1.165, 1.54) is 14.2 Å². The fourth-order valence-electron chi connectivity index (χ4n) is 2.03. The van der Waals surface area contributed by atoms with Gasteiger partial charge in [-0.25, -0.2) is 0 Å². The molecule has 0 unspecified atom stereocenters. The van der Waals surface area contributed by atoms with E-state index < -0.39 is 0 Å². The Hall–Kier alpha value is -1.52. The molecule has 0 saturated heterocycles. The van der Waals surface area contributed by atoms with Gasteiger partial charge in [0.2, 0.25) is 0 Å². The van der Waals surface area contributed by atoms with Gasteiger partial charge in [0.1, 0.15) is 0 Å². The van der Waals surface area contributed by atoms with Crippen LogP contribution in [0.2, 0.25) is 5.02 Å². The van der Waals surface area contributed by atoms with Crippen LogP contribution in [0, 0.1) is 6.92 Å². The summed E-state index contributed by atoms with van der Waals surface area (Å²) in [5, 5.41) is 0.331. The smallest absolute Gasteiger partial charge is 0.194 e. The Bertz CT molecular complexity index is 698. The second kappa shape index (κ2) is 6.50. The summed E-state index contributed by atoms with van der Waals surface area (Å²) in [4.78, 5) is 12.7. The summed E-state index contributed by atoms with van der Waals surface area (Å²) in [5.74, 6) is 0.808. The first-order valence-corrected chi connectivity index (χ1v) is 7.38. The van der Waals surface area contributed by atoms with Crippen molar-refractivity contribution >= 4 is 33.3 Å². The highest BCUT2D eigenvalue weighted by Crippen LogP contribution is 2.34. The minimum Gasteiger partial charge on any atom is -0.493 e. The van der Waals surface area contributed by atoms with E-state index in [9.17, 15) is 4.79 Å². The number of methoxy groups -OCH3 is 2. The largest absolute Gasteiger partial charge is 0.493 e. The first kappa shape index (κ1) is 15.9. The van der Waals surface area contributed by atoms with Crippen LogP contribution in [0.4, 0.5) is 0 Å². The first-order valence-electron chi connectivity index (χ1n) is 6.21. The Morgan fingerprint density at radius 1 is 1.10 bits per heavy atom. The van der Waals surface area contributed by atoms with Gasteiger partial charge in [0.25, 0.3) is 0 Å². The molecule has 0 N–H and O–H groups in total. The average Bonchev–Trinajstić information content (AvgIpc) is 2.49. The molecule has 2 rings (SSSR count). The Morgan fingerprint density at radius 3 is 2.33 bits per heavy atom. The van der Waals surface area contributed by atoms with Gasteiger partial charge in [0, 0.05) is 21.7 Å². The Kier molecular flexibility index (Phi) is 4.91. The van der Waals surface area contributed by atoms with Gasteiger partial charge >= 0.3 is 0 Å². The van der Waals surface area contributed by atoms with Crippen molar-refractivity contribution in [1.29, 1.82) is 0 Å². The average molecular weight is 370 g/mol. The van der Waals surface area contributed by atoms with Crippen LogP contribution in [-0.2, 0) is 0 Å². The van der Waals surface area contributed by atoms with Crippen LogP contribution in [0.3, 0.4) is 0 Å². The minimum atomic E-state index is -0.153. The van der Waals surface area contributed by atoms with E-state index in [2.05, 4.69) is 15.9 Å². The van der Waals surface area contributed by atoms with Gasteiger partial charge < -0.3 is 9.47 Å². The van der Waals surface area contributed by atoms with Crippen LogP contribution >= 0.6 is 27.5 Å². The Morgan fingerprint density at radius 2 is 1.71 bits per heavy atom. The van der Waals surface area contributed by atoms with Gasteiger partial charge in [0.15, 0.2) is 17.3 Å². The maximum atomic E-state index is 12.7. The molecule has 0 amide bonds. The van der Waals surface area contributed by atoms with Gasteiger partial charge in [-0.3, -0.25) is 4.79 Å². The number of hydrogen-bond donors (Lipinski definition) is 0. The molecule has 0 spiro atoms. The Balaban J connectivity index is 2.56. The quantitative estimate of drug-likeness (QED) is 0.735. The van der Waals surface area contributed by atoms with E-state index in [1.807, 2.05) is 19.1 Å². The van der Waals surface area contributed by atoms with E-state index in [4.69, 9.17) is 21.1 Å². The lowest BCUT2D eigenvalue weighted by Crippen LogP contribution is -2.06. The van der Waals surface area contributed by atoms with Crippen molar-refractivity contribution in [3.63, 3.8) is 0 Å². The van der Waals surface area contributed by atoms with E-state index >= 15 is 0 Å². The van der Waals surface area contributed by atoms with E-state index in [0.717, 1.165) is 10.0 Å². The molecule has 0 aliphatic carbocycles. The molecule has 2 aromatic rings. The number of rotatable bonds is 4. The van der Waals surface area contributed by atoms with Crippen LogP contribution < -0.4 is 9.47 Å². The van der Waals surface area contributed by atoms with Gasteiger partial charge in [0.05, 0.1) is 19.2 Å². The predicted molar refractivity (Wildman–Crippen MR) is 86.9 cm³/mol. The van der Waals surface area contributed by atoms with Crippen LogP contribution in [0.1, 0.15) is 21.5 Å². The van der Waals surface area contributed by atoms with Gasteiger partial charge in [-0.15, -0.1) is 0 Å². The maximum absolute atomic E-state index is 12.7. The zero-order valence-electron chi connectivity index (χ0n) is 11.9. The highest BCUT2D eigenvalue weighted by molar-refractivity contribution is 9.10. The van der Waals surface area contributed by atoms with Crippen molar-refractivity contribution in [2.24, 2.45) is 0 Å². The molecule has 0 aromatic heterocycles. The molecule has 2 aromatic carbocycles. The van der Waals surface area contributed by atoms with Gasteiger partial charge in [-0.2, -0.15) is 0 Å². The molecule has 0 atom stereocenters.